The van der Waals surface area contributed by atoms with Crippen molar-refractivity contribution in [3.05, 3.63) is 13.5 Å². The molecule has 0 aliphatic carbocycles. The molecule has 0 bridgehead atoms. The second-order valence-corrected chi connectivity index (χ2v) is 6.60. The second kappa shape index (κ2) is 19.8. The van der Waals surface area contributed by atoms with E-state index in [9.17, 15) is 0 Å². The molecule has 1 unspecified atom stereocenters. The van der Waals surface area contributed by atoms with Crippen molar-refractivity contribution in [2.24, 2.45) is 5.92 Å². The Kier molecular flexibility index (Phi) is 34.6. The maximum Gasteiger partial charge on any atom is 2.00 e. The van der Waals surface area contributed by atoms with E-state index in [2.05, 4.69) is 40.4 Å². The molecule has 3 heteroatoms. The van der Waals surface area contributed by atoms with Crippen molar-refractivity contribution in [1.29, 1.82) is 0 Å². The van der Waals surface area contributed by atoms with Gasteiger partial charge in [-0.2, -0.15) is 5.92 Å². The van der Waals surface area contributed by atoms with Crippen LogP contribution in [0.2, 0.25) is 13.1 Å². The summed E-state index contributed by atoms with van der Waals surface area (Å²) >= 11 is 0. The maximum absolute atomic E-state index is 3.99. The molecule has 0 fully saturated rings. The van der Waals surface area contributed by atoms with Gasteiger partial charge in [0, 0.05) is 0 Å². The molecule has 0 aliphatic heterocycles. The Balaban J connectivity index is -0.0000000733. The van der Waals surface area contributed by atoms with Gasteiger partial charge in [0.1, 0.15) is 0 Å². The first-order valence-corrected chi connectivity index (χ1v) is 8.33. The van der Waals surface area contributed by atoms with Crippen molar-refractivity contribution in [3.63, 3.8) is 0 Å². The molecule has 0 radical (unpaired) electrons. The van der Waals surface area contributed by atoms with E-state index in [0.717, 1.165) is 0 Å². The fourth-order valence-corrected chi connectivity index (χ4v) is 0.697. The quantitative estimate of drug-likeness (QED) is 0.521. The molecule has 0 amide bonds. The molecular formula is C11H27ClMgSi. The monoisotopic (exact) mass is 246 g/mol. The molecule has 0 aromatic heterocycles. The van der Waals surface area contributed by atoms with Crippen LogP contribution < -0.4 is 0 Å². The van der Waals surface area contributed by atoms with Gasteiger partial charge in [0.05, 0.1) is 0 Å². The number of hydrogen-bond donors (Lipinski definition) is 0. The van der Waals surface area contributed by atoms with E-state index < -0.39 is 0 Å². The Labute approximate surface area is 116 Å². The summed E-state index contributed by atoms with van der Waals surface area (Å²) in [6.07, 6.45) is 5.21. The van der Waals surface area contributed by atoms with Crippen molar-refractivity contribution in [1.82, 2.24) is 0 Å². The molecule has 1 atom stereocenters. The minimum absolute atomic E-state index is 0. The molecular weight excluding hydrogens is 220 g/mol. The minimum atomic E-state index is -0.389. The van der Waals surface area contributed by atoms with Gasteiger partial charge in [-0.05, 0) is 0 Å². The van der Waals surface area contributed by atoms with E-state index in [-0.39, 0.29) is 44.3 Å². The van der Waals surface area contributed by atoms with Gasteiger partial charge in [-0.25, -0.2) is 0 Å². The fourth-order valence-electron chi connectivity index (χ4n) is 0.697. The Bertz CT molecular complexity index is 76.9. The average Bonchev–Trinajstić information content (AvgIpc) is 1.99. The molecule has 0 rings (SSSR count). The van der Waals surface area contributed by atoms with E-state index in [1.165, 1.54) is 25.7 Å². The largest absolute Gasteiger partial charge is 2.00 e. The molecule has 0 aliphatic rings. The van der Waals surface area contributed by atoms with Gasteiger partial charge in [0.2, 0.25) is 0 Å². The van der Waals surface area contributed by atoms with Crippen LogP contribution in [-0.4, -0.2) is 31.8 Å². The topological polar surface area (TPSA) is 0 Å². The molecule has 0 aromatic rings. The van der Waals surface area contributed by atoms with Gasteiger partial charge in [-0.15, -0.1) is 21.2 Å². The van der Waals surface area contributed by atoms with Gasteiger partial charge >= 0.3 is 23.1 Å². The van der Waals surface area contributed by atoms with Crippen LogP contribution in [-0.2, 0) is 0 Å². The van der Waals surface area contributed by atoms with E-state index in [4.69, 9.17) is 0 Å². The third-order valence-electron chi connectivity index (χ3n) is 1.54. The summed E-state index contributed by atoms with van der Waals surface area (Å²) in [6, 6.07) is 0. The first-order chi connectivity index (χ1) is 5.54. The van der Waals surface area contributed by atoms with E-state index in [1.807, 2.05) is 0 Å². The van der Waals surface area contributed by atoms with Gasteiger partial charge < -0.3 is 13.5 Å². The number of halogens is 1. The Hall–Kier alpha value is 1.27. The predicted octanol–water partition coefficient (Wildman–Crippen LogP) is 3.92. The number of unbranched alkanes of at least 4 members (excludes halogenated alkanes) is 1. The predicted molar refractivity (Wildman–Crippen MR) is 75.9 cm³/mol. The summed E-state index contributed by atoms with van der Waals surface area (Å²) in [5.41, 5.74) is 0. The van der Waals surface area contributed by atoms with Crippen LogP contribution in [0.3, 0.4) is 0 Å². The van der Waals surface area contributed by atoms with Gasteiger partial charge in [0.25, 0.3) is 0 Å². The van der Waals surface area contributed by atoms with Crippen LogP contribution >= 0.6 is 12.4 Å². The molecule has 0 spiro atoms. The van der Waals surface area contributed by atoms with Crippen molar-refractivity contribution in [2.75, 3.05) is 0 Å². The van der Waals surface area contributed by atoms with Crippen LogP contribution in [0.15, 0.2) is 0 Å². The number of hydrogen-bond acceptors (Lipinski definition) is 0. The third-order valence-corrected chi connectivity index (χ3v) is 1.54. The molecule has 0 heterocycles. The average molecular weight is 247 g/mol. The molecule has 0 N–H and O–H groups in total. The standard InChI is InChI=1S/C8H17.C3H9Si.ClH.Mg/c1-4-6-7-8(3)5-2;1-4(2)3;;/h8H,3-7H2,1-2H3;4H,1H2,2-3H3;1H;/q2*-1;;+2. The second-order valence-electron chi connectivity index (χ2n) is 3.81. The summed E-state index contributed by atoms with van der Waals surface area (Å²) in [5, 5.41) is 0. The van der Waals surface area contributed by atoms with E-state index in [1.54, 1.807) is 0 Å². The summed E-state index contributed by atoms with van der Waals surface area (Å²) in [7, 11) is -0.389. The third kappa shape index (κ3) is 37.8. The van der Waals surface area contributed by atoms with Crippen molar-refractivity contribution in [2.45, 2.75) is 52.6 Å². The summed E-state index contributed by atoms with van der Waals surface area (Å²) in [4.78, 5) is 0. The summed E-state index contributed by atoms with van der Waals surface area (Å²) in [6.45, 7) is 16.6. The molecule has 0 saturated heterocycles. The first kappa shape index (κ1) is 24.5. The SMILES string of the molecule is Cl.[CH2-]C(CC)CCCC.[CH2-][SiH](C)C.[Mg+2]. The molecule has 0 aromatic carbocycles. The summed E-state index contributed by atoms with van der Waals surface area (Å²) < 4.78 is 0. The van der Waals surface area contributed by atoms with Gasteiger partial charge in [0.15, 0.2) is 0 Å². The zero-order valence-corrected chi connectivity index (χ0v) is 13.9. The first-order valence-electron chi connectivity index (χ1n) is 5.20. The van der Waals surface area contributed by atoms with E-state index in [0.29, 0.717) is 5.92 Å². The Morgan fingerprint density at radius 3 is 1.79 bits per heavy atom. The smallest absolute Gasteiger partial charge is 0.345 e. The van der Waals surface area contributed by atoms with Crippen LogP contribution in [0.25, 0.3) is 0 Å². The zero-order chi connectivity index (χ0) is 9.98. The molecule has 14 heavy (non-hydrogen) atoms. The maximum atomic E-state index is 3.99. The van der Waals surface area contributed by atoms with Crippen LogP contribution in [0, 0.1) is 19.4 Å². The molecule has 84 valence electrons. The van der Waals surface area contributed by atoms with Crippen LogP contribution in [0.5, 0.6) is 0 Å². The van der Waals surface area contributed by atoms with Gasteiger partial charge in [-0.1, -0.05) is 52.6 Å². The minimum Gasteiger partial charge on any atom is -0.345 e. The normalized spacial score (nSPS) is 10.5. The van der Waals surface area contributed by atoms with Crippen molar-refractivity contribution in [3.8, 4) is 0 Å². The molecule has 0 nitrogen and oxygen atoms in total. The van der Waals surface area contributed by atoms with Crippen molar-refractivity contribution < 1.29 is 0 Å². The Morgan fingerprint density at radius 1 is 1.21 bits per heavy atom. The molecule has 0 saturated carbocycles. The van der Waals surface area contributed by atoms with E-state index >= 15 is 0 Å². The van der Waals surface area contributed by atoms with Gasteiger partial charge in [-0.3, -0.25) is 0 Å². The number of rotatable bonds is 4. The van der Waals surface area contributed by atoms with Crippen molar-refractivity contribution >= 4 is 44.3 Å². The Morgan fingerprint density at radius 2 is 1.57 bits per heavy atom. The fraction of sp³-hybridized carbons (Fsp3) is 0.818. The van der Waals surface area contributed by atoms with Crippen LogP contribution in [0.4, 0.5) is 0 Å². The van der Waals surface area contributed by atoms with Crippen LogP contribution in [0.1, 0.15) is 39.5 Å². The zero-order valence-electron chi connectivity index (χ0n) is 10.5. The summed E-state index contributed by atoms with van der Waals surface area (Å²) in [5.74, 6) is 0.704.